The molecule has 1 atom stereocenters. The van der Waals surface area contributed by atoms with Gasteiger partial charge in [0.05, 0.1) is 6.61 Å². The van der Waals surface area contributed by atoms with Crippen molar-refractivity contribution in [1.29, 1.82) is 0 Å². The second kappa shape index (κ2) is 6.17. The molecular formula is C15H22N2O2. The van der Waals surface area contributed by atoms with Gasteiger partial charge in [-0.1, -0.05) is 30.3 Å². The summed E-state index contributed by atoms with van der Waals surface area (Å²) in [6.45, 7) is 5.42. The van der Waals surface area contributed by atoms with E-state index in [1.165, 1.54) is 0 Å². The van der Waals surface area contributed by atoms with Crippen LogP contribution in [0.4, 0.5) is 0 Å². The van der Waals surface area contributed by atoms with Crippen LogP contribution in [0.5, 0.6) is 0 Å². The molecule has 0 saturated carbocycles. The van der Waals surface area contributed by atoms with Gasteiger partial charge in [0.15, 0.2) is 0 Å². The molecule has 1 aliphatic heterocycles. The highest BCUT2D eigenvalue weighted by Crippen LogP contribution is 2.19. The third-order valence-electron chi connectivity index (χ3n) is 3.55. The number of carbonyl (C=O) groups excluding carboxylic acids is 1. The van der Waals surface area contributed by atoms with E-state index in [9.17, 15) is 4.79 Å². The number of likely N-dealkylation sites (tertiary alicyclic amines) is 1. The van der Waals surface area contributed by atoms with Crippen molar-refractivity contribution in [2.75, 3.05) is 13.6 Å². The predicted octanol–water partition coefficient (Wildman–Crippen LogP) is 2.06. The number of carbonyl (C=O) groups is 1. The maximum atomic E-state index is 12.2. The first-order valence-electron chi connectivity index (χ1n) is 6.79. The summed E-state index contributed by atoms with van der Waals surface area (Å²) in [5.74, 6) is 0.172. The number of amides is 1. The molecule has 2 rings (SSSR count). The minimum absolute atomic E-state index is 0.147. The molecule has 1 aromatic rings. The highest BCUT2D eigenvalue weighted by atomic mass is 16.7. The van der Waals surface area contributed by atoms with Crippen molar-refractivity contribution >= 4 is 5.91 Å². The lowest BCUT2D eigenvalue weighted by Crippen LogP contribution is -2.41. The summed E-state index contributed by atoms with van der Waals surface area (Å²) < 4.78 is 0. The highest BCUT2D eigenvalue weighted by Gasteiger charge is 2.36. The third-order valence-corrected chi connectivity index (χ3v) is 3.55. The van der Waals surface area contributed by atoms with Gasteiger partial charge in [0.1, 0.15) is 6.04 Å². The van der Waals surface area contributed by atoms with Gasteiger partial charge < -0.3 is 4.90 Å². The third kappa shape index (κ3) is 3.33. The fraction of sp³-hybridized carbons (Fsp3) is 0.533. The number of nitrogens with zero attached hydrogens (tertiary/aromatic N) is 2. The number of hydroxylamine groups is 2. The Morgan fingerprint density at radius 1 is 1.37 bits per heavy atom. The van der Waals surface area contributed by atoms with Crippen LogP contribution in [0, 0.1) is 0 Å². The monoisotopic (exact) mass is 262 g/mol. The van der Waals surface area contributed by atoms with Crippen LogP contribution in [0.3, 0.4) is 0 Å². The van der Waals surface area contributed by atoms with E-state index in [1.807, 2.05) is 56.1 Å². The maximum Gasteiger partial charge on any atom is 0.242 e. The Bertz CT molecular complexity index is 419. The van der Waals surface area contributed by atoms with Crippen molar-refractivity contribution in [2.45, 2.75) is 39.0 Å². The summed E-state index contributed by atoms with van der Waals surface area (Å²) in [4.78, 5) is 19.8. The Kier molecular flexibility index (Phi) is 4.56. The second-order valence-corrected chi connectivity index (χ2v) is 5.24. The molecule has 1 aliphatic rings. The highest BCUT2D eigenvalue weighted by molar-refractivity contribution is 5.84. The molecule has 1 amide bonds. The van der Waals surface area contributed by atoms with E-state index in [0.717, 1.165) is 18.5 Å². The number of hydrogen-bond donors (Lipinski definition) is 0. The largest absolute Gasteiger partial charge is 0.339 e. The van der Waals surface area contributed by atoms with Gasteiger partial charge in [0.25, 0.3) is 0 Å². The molecule has 0 spiro atoms. The van der Waals surface area contributed by atoms with E-state index in [2.05, 4.69) is 0 Å². The summed E-state index contributed by atoms with van der Waals surface area (Å²) >= 11 is 0. The van der Waals surface area contributed by atoms with Gasteiger partial charge >= 0.3 is 0 Å². The molecule has 0 bridgehead atoms. The molecule has 1 fully saturated rings. The first-order valence-corrected chi connectivity index (χ1v) is 6.79. The van der Waals surface area contributed by atoms with Crippen molar-refractivity contribution in [1.82, 2.24) is 9.96 Å². The Balaban J connectivity index is 1.87. The van der Waals surface area contributed by atoms with Crippen LogP contribution in [-0.4, -0.2) is 41.5 Å². The SMILES string of the molecule is CC(C)N1CC[C@H](N(C)OCc2ccccc2)C1=O. The molecule has 4 nitrogen and oxygen atoms in total. The molecule has 0 unspecified atom stereocenters. The molecule has 4 heteroatoms. The minimum atomic E-state index is -0.147. The Hall–Kier alpha value is -1.39. The van der Waals surface area contributed by atoms with Gasteiger partial charge in [0.2, 0.25) is 5.91 Å². The molecule has 104 valence electrons. The summed E-state index contributed by atoms with van der Waals surface area (Å²) in [7, 11) is 1.84. The topological polar surface area (TPSA) is 32.8 Å². The molecule has 0 N–H and O–H groups in total. The van der Waals surface area contributed by atoms with Crippen LogP contribution >= 0.6 is 0 Å². The zero-order valence-electron chi connectivity index (χ0n) is 11.9. The van der Waals surface area contributed by atoms with Gasteiger partial charge in [-0.3, -0.25) is 9.63 Å². The standard InChI is InChI=1S/C15H22N2O2/c1-12(2)17-10-9-14(15(17)18)16(3)19-11-13-7-5-4-6-8-13/h4-8,12,14H,9-11H2,1-3H3/t14-/m0/s1. The number of hydrogen-bond acceptors (Lipinski definition) is 3. The van der Waals surface area contributed by atoms with Crippen molar-refractivity contribution in [3.05, 3.63) is 35.9 Å². The van der Waals surface area contributed by atoms with Crippen LogP contribution in [-0.2, 0) is 16.2 Å². The zero-order valence-corrected chi connectivity index (χ0v) is 11.9. The molecule has 0 aliphatic carbocycles. The first-order chi connectivity index (χ1) is 9.09. The minimum Gasteiger partial charge on any atom is -0.339 e. The normalized spacial score (nSPS) is 19.7. The summed E-state index contributed by atoms with van der Waals surface area (Å²) in [5.41, 5.74) is 1.11. The lowest BCUT2D eigenvalue weighted by molar-refractivity contribution is -0.183. The van der Waals surface area contributed by atoms with Gasteiger partial charge in [-0.05, 0) is 25.8 Å². The van der Waals surface area contributed by atoms with E-state index in [1.54, 1.807) is 5.06 Å². The van der Waals surface area contributed by atoms with Gasteiger partial charge in [0, 0.05) is 19.6 Å². The van der Waals surface area contributed by atoms with E-state index in [0.29, 0.717) is 6.61 Å². The summed E-state index contributed by atoms with van der Waals surface area (Å²) in [6, 6.07) is 10.1. The maximum absolute atomic E-state index is 12.2. The van der Waals surface area contributed by atoms with Crippen molar-refractivity contribution in [2.24, 2.45) is 0 Å². The smallest absolute Gasteiger partial charge is 0.242 e. The van der Waals surface area contributed by atoms with E-state index < -0.39 is 0 Å². The van der Waals surface area contributed by atoms with Crippen molar-refractivity contribution in [3.8, 4) is 0 Å². The van der Waals surface area contributed by atoms with Gasteiger partial charge in [-0.2, -0.15) is 5.06 Å². The molecule has 1 aromatic carbocycles. The average molecular weight is 262 g/mol. The van der Waals surface area contributed by atoms with E-state index in [-0.39, 0.29) is 18.0 Å². The number of rotatable bonds is 5. The number of benzene rings is 1. The summed E-state index contributed by atoms with van der Waals surface area (Å²) in [5, 5.41) is 1.71. The Morgan fingerprint density at radius 2 is 2.05 bits per heavy atom. The second-order valence-electron chi connectivity index (χ2n) is 5.24. The Labute approximate surface area is 114 Å². The molecule has 0 aromatic heterocycles. The fourth-order valence-electron chi connectivity index (χ4n) is 2.38. The molecule has 0 radical (unpaired) electrons. The zero-order chi connectivity index (χ0) is 13.8. The quantitative estimate of drug-likeness (QED) is 0.761. The molecule has 1 saturated heterocycles. The van der Waals surface area contributed by atoms with Gasteiger partial charge in [-0.15, -0.1) is 0 Å². The number of likely N-dealkylation sites (N-methyl/N-ethyl adjacent to an activating group) is 1. The molecule has 1 heterocycles. The lowest BCUT2D eigenvalue weighted by atomic mass is 10.2. The van der Waals surface area contributed by atoms with Gasteiger partial charge in [-0.25, -0.2) is 0 Å². The van der Waals surface area contributed by atoms with E-state index >= 15 is 0 Å². The van der Waals surface area contributed by atoms with Crippen LogP contribution in [0.15, 0.2) is 30.3 Å². The van der Waals surface area contributed by atoms with Crippen molar-refractivity contribution < 1.29 is 9.63 Å². The lowest BCUT2D eigenvalue weighted by Gasteiger charge is -2.25. The Morgan fingerprint density at radius 3 is 2.63 bits per heavy atom. The molecular weight excluding hydrogens is 240 g/mol. The first kappa shape index (κ1) is 14.0. The fourth-order valence-corrected chi connectivity index (χ4v) is 2.38. The average Bonchev–Trinajstić information content (AvgIpc) is 2.79. The molecule has 19 heavy (non-hydrogen) atoms. The van der Waals surface area contributed by atoms with Crippen molar-refractivity contribution in [3.63, 3.8) is 0 Å². The van der Waals surface area contributed by atoms with E-state index in [4.69, 9.17) is 4.84 Å². The summed E-state index contributed by atoms with van der Waals surface area (Å²) in [6.07, 6.45) is 0.836. The van der Waals surface area contributed by atoms with Crippen LogP contribution < -0.4 is 0 Å². The predicted molar refractivity (Wildman–Crippen MR) is 74.2 cm³/mol. The van der Waals surface area contributed by atoms with Crippen LogP contribution in [0.25, 0.3) is 0 Å². The van der Waals surface area contributed by atoms with Crippen LogP contribution in [0.2, 0.25) is 0 Å². The van der Waals surface area contributed by atoms with Crippen LogP contribution in [0.1, 0.15) is 25.8 Å².